The lowest BCUT2D eigenvalue weighted by Gasteiger charge is -2.02. The summed E-state index contributed by atoms with van der Waals surface area (Å²) in [7, 11) is 0. The van der Waals surface area contributed by atoms with Gasteiger partial charge in [0, 0.05) is 26.6 Å². The lowest BCUT2D eigenvalue weighted by molar-refractivity contribution is 0.0957. The fraction of sp³-hybridized carbons (Fsp3) is 0.0952. The first-order chi connectivity index (χ1) is 13.3. The van der Waals surface area contributed by atoms with Crippen molar-refractivity contribution in [2.24, 2.45) is 5.10 Å². The first-order valence-electron chi connectivity index (χ1n) is 8.68. The Labute approximate surface area is 160 Å². The summed E-state index contributed by atoms with van der Waals surface area (Å²) in [5.41, 5.74) is 7.24. The van der Waals surface area contributed by atoms with E-state index in [0.717, 1.165) is 33.3 Å². The van der Waals surface area contributed by atoms with E-state index in [1.165, 1.54) is 5.56 Å². The average Bonchev–Trinajstić information content (AvgIpc) is 3.35. The van der Waals surface area contributed by atoms with Crippen LogP contribution in [0.5, 0.6) is 0 Å². The SMILES string of the molecule is CCc1ccc(-c2[nH]ncc2C=NNC(=O)c2csc3ccccc23)cc1. The largest absolute Gasteiger partial charge is 0.277 e. The summed E-state index contributed by atoms with van der Waals surface area (Å²) < 4.78 is 1.08. The molecule has 0 bridgehead atoms. The third-order valence-electron chi connectivity index (χ3n) is 4.41. The van der Waals surface area contributed by atoms with Gasteiger partial charge in [-0.25, -0.2) is 5.43 Å². The van der Waals surface area contributed by atoms with Crippen LogP contribution in [0.1, 0.15) is 28.4 Å². The number of H-pyrrole nitrogens is 1. The zero-order chi connectivity index (χ0) is 18.6. The maximum Gasteiger partial charge on any atom is 0.272 e. The molecule has 2 aromatic heterocycles. The van der Waals surface area contributed by atoms with Crippen LogP contribution >= 0.6 is 11.3 Å². The number of carbonyl (C=O) groups excluding carboxylic acids is 1. The summed E-state index contributed by atoms with van der Waals surface area (Å²) in [4.78, 5) is 12.4. The monoisotopic (exact) mass is 374 g/mol. The van der Waals surface area contributed by atoms with Gasteiger partial charge >= 0.3 is 0 Å². The number of hydrogen-bond donors (Lipinski definition) is 2. The molecule has 1 amide bonds. The standard InChI is InChI=1S/C21H18N4OS/c1-2-14-7-9-15(10-8-14)20-16(11-22-24-20)12-23-25-21(26)18-13-27-19-6-4-3-5-17(18)19/h3-13H,2H2,1H3,(H,22,24)(H,25,26). The van der Waals surface area contributed by atoms with Gasteiger partial charge < -0.3 is 0 Å². The highest BCUT2D eigenvalue weighted by atomic mass is 32.1. The van der Waals surface area contributed by atoms with E-state index in [-0.39, 0.29) is 5.91 Å². The number of aromatic nitrogens is 2. The van der Waals surface area contributed by atoms with Crippen LogP contribution in [0.2, 0.25) is 0 Å². The van der Waals surface area contributed by atoms with Gasteiger partial charge in [-0.3, -0.25) is 9.89 Å². The number of nitrogens with one attached hydrogen (secondary N) is 2. The second-order valence-corrected chi connectivity index (χ2v) is 7.01. The quantitative estimate of drug-likeness (QED) is 0.395. The van der Waals surface area contributed by atoms with E-state index in [1.54, 1.807) is 23.7 Å². The molecule has 6 heteroatoms. The van der Waals surface area contributed by atoms with Crippen molar-refractivity contribution < 1.29 is 4.79 Å². The van der Waals surface area contributed by atoms with Crippen LogP contribution in [0.25, 0.3) is 21.3 Å². The third kappa shape index (κ3) is 3.52. The van der Waals surface area contributed by atoms with Crippen LogP contribution in [0.15, 0.2) is 65.2 Å². The van der Waals surface area contributed by atoms with E-state index < -0.39 is 0 Å². The normalized spacial score (nSPS) is 11.3. The molecule has 0 fully saturated rings. The van der Waals surface area contributed by atoms with Crippen molar-refractivity contribution in [1.29, 1.82) is 0 Å². The molecule has 0 aliphatic heterocycles. The number of fused-ring (bicyclic) bond motifs is 1. The van der Waals surface area contributed by atoms with E-state index in [9.17, 15) is 4.79 Å². The molecule has 2 N–H and O–H groups in total. The Morgan fingerprint density at radius 2 is 2.04 bits per heavy atom. The van der Waals surface area contributed by atoms with E-state index in [2.05, 4.69) is 51.9 Å². The third-order valence-corrected chi connectivity index (χ3v) is 5.38. The molecule has 0 spiro atoms. The van der Waals surface area contributed by atoms with Gasteiger partial charge in [0.2, 0.25) is 0 Å². The number of hydrogen-bond acceptors (Lipinski definition) is 4. The fourth-order valence-electron chi connectivity index (χ4n) is 2.91. The highest BCUT2D eigenvalue weighted by Crippen LogP contribution is 2.25. The number of thiophene rings is 1. The molecule has 2 aromatic carbocycles. The van der Waals surface area contributed by atoms with Crippen LogP contribution in [0, 0.1) is 0 Å². The van der Waals surface area contributed by atoms with Crippen molar-refractivity contribution in [3.05, 3.63) is 76.8 Å². The van der Waals surface area contributed by atoms with Crippen molar-refractivity contribution in [2.75, 3.05) is 0 Å². The van der Waals surface area contributed by atoms with Crippen LogP contribution in [-0.2, 0) is 6.42 Å². The predicted octanol–water partition coefficient (Wildman–Crippen LogP) is 4.62. The zero-order valence-electron chi connectivity index (χ0n) is 14.8. The Hall–Kier alpha value is -3.25. The first kappa shape index (κ1) is 17.2. The number of amides is 1. The lowest BCUT2D eigenvalue weighted by Crippen LogP contribution is -2.17. The Morgan fingerprint density at radius 3 is 2.85 bits per heavy atom. The Kier molecular flexibility index (Phi) is 4.80. The van der Waals surface area contributed by atoms with Crippen molar-refractivity contribution in [2.45, 2.75) is 13.3 Å². The van der Waals surface area contributed by atoms with E-state index in [1.807, 2.05) is 29.6 Å². The van der Waals surface area contributed by atoms with Crippen molar-refractivity contribution >= 4 is 33.5 Å². The Bertz CT molecular complexity index is 1110. The minimum Gasteiger partial charge on any atom is -0.277 e. The second kappa shape index (κ2) is 7.55. The molecule has 0 aliphatic rings. The molecule has 4 aromatic rings. The molecule has 0 saturated heterocycles. The fourth-order valence-corrected chi connectivity index (χ4v) is 3.85. The Morgan fingerprint density at radius 1 is 1.22 bits per heavy atom. The molecule has 2 heterocycles. The summed E-state index contributed by atoms with van der Waals surface area (Å²) >= 11 is 1.55. The van der Waals surface area contributed by atoms with E-state index in [4.69, 9.17) is 0 Å². The van der Waals surface area contributed by atoms with E-state index >= 15 is 0 Å². The smallest absolute Gasteiger partial charge is 0.272 e. The number of aryl methyl sites for hydroxylation is 1. The van der Waals surface area contributed by atoms with Gasteiger partial charge in [-0.05, 0) is 18.1 Å². The van der Waals surface area contributed by atoms with Gasteiger partial charge in [-0.15, -0.1) is 11.3 Å². The van der Waals surface area contributed by atoms with Crippen molar-refractivity contribution in [1.82, 2.24) is 15.6 Å². The second-order valence-electron chi connectivity index (χ2n) is 6.10. The molecule has 27 heavy (non-hydrogen) atoms. The number of aromatic amines is 1. The molecular weight excluding hydrogens is 356 g/mol. The van der Waals surface area contributed by atoms with Gasteiger partial charge in [0.25, 0.3) is 5.91 Å². The van der Waals surface area contributed by atoms with Gasteiger partial charge in [0.05, 0.1) is 23.7 Å². The summed E-state index contributed by atoms with van der Waals surface area (Å²) in [5, 5.41) is 14.0. The number of hydrazone groups is 1. The predicted molar refractivity (Wildman–Crippen MR) is 110 cm³/mol. The Balaban J connectivity index is 1.50. The van der Waals surface area contributed by atoms with Gasteiger partial charge in [0.15, 0.2) is 0 Å². The number of carbonyl (C=O) groups is 1. The minimum atomic E-state index is -0.221. The average molecular weight is 374 g/mol. The van der Waals surface area contributed by atoms with Crippen molar-refractivity contribution in [3.8, 4) is 11.3 Å². The highest BCUT2D eigenvalue weighted by Gasteiger charge is 2.11. The molecule has 5 nitrogen and oxygen atoms in total. The lowest BCUT2D eigenvalue weighted by atomic mass is 10.1. The first-order valence-corrected chi connectivity index (χ1v) is 9.56. The summed E-state index contributed by atoms with van der Waals surface area (Å²) in [5.74, 6) is -0.221. The van der Waals surface area contributed by atoms with E-state index in [0.29, 0.717) is 5.56 Å². The molecule has 0 unspecified atom stereocenters. The van der Waals surface area contributed by atoms with Crippen LogP contribution in [0.3, 0.4) is 0 Å². The number of benzene rings is 2. The molecular formula is C21H18N4OS. The van der Waals surface area contributed by atoms with Crippen LogP contribution in [0.4, 0.5) is 0 Å². The summed E-state index contributed by atoms with van der Waals surface area (Å²) in [6.07, 6.45) is 4.30. The summed E-state index contributed by atoms with van der Waals surface area (Å²) in [6.45, 7) is 2.13. The maximum absolute atomic E-state index is 12.4. The topological polar surface area (TPSA) is 70.1 Å². The highest BCUT2D eigenvalue weighted by molar-refractivity contribution is 7.17. The van der Waals surface area contributed by atoms with Gasteiger partial charge in [0.1, 0.15) is 0 Å². The molecule has 0 aliphatic carbocycles. The van der Waals surface area contributed by atoms with Gasteiger partial charge in [-0.2, -0.15) is 10.2 Å². The van der Waals surface area contributed by atoms with Crippen LogP contribution < -0.4 is 5.43 Å². The molecule has 134 valence electrons. The summed E-state index contributed by atoms with van der Waals surface area (Å²) in [6, 6.07) is 16.1. The molecule has 0 radical (unpaired) electrons. The molecule has 4 rings (SSSR count). The number of nitrogens with zero attached hydrogens (tertiary/aromatic N) is 2. The number of rotatable bonds is 5. The van der Waals surface area contributed by atoms with Crippen LogP contribution in [-0.4, -0.2) is 22.3 Å². The minimum absolute atomic E-state index is 0.221. The van der Waals surface area contributed by atoms with Gasteiger partial charge in [-0.1, -0.05) is 49.4 Å². The molecule has 0 atom stereocenters. The molecule has 0 saturated carbocycles. The maximum atomic E-state index is 12.4. The van der Waals surface area contributed by atoms with Crippen molar-refractivity contribution in [3.63, 3.8) is 0 Å². The zero-order valence-corrected chi connectivity index (χ0v) is 15.6.